The highest BCUT2D eigenvalue weighted by atomic mass is 35.5. The summed E-state index contributed by atoms with van der Waals surface area (Å²) in [5, 5.41) is 0.219. The number of rotatable bonds is 3. The third-order valence-electron chi connectivity index (χ3n) is 5.33. The lowest BCUT2D eigenvalue weighted by atomic mass is 10.1. The molecular formula is C19H18ClF3N2O3S. The Kier molecular flexibility index (Phi) is 4.85. The van der Waals surface area contributed by atoms with Gasteiger partial charge in [0.05, 0.1) is 30.6 Å². The third kappa shape index (κ3) is 3.40. The molecule has 1 atom stereocenters. The Bertz CT molecular complexity index is 1060. The van der Waals surface area contributed by atoms with Gasteiger partial charge in [0, 0.05) is 17.6 Å². The number of benzene rings is 2. The van der Waals surface area contributed by atoms with Crippen molar-refractivity contribution in [3.8, 4) is 5.75 Å². The van der Waals surface area contributed by atoms with Crippen molar-refractivity contribution in [2.45, 2.75) is 30.0 Å². The van der Waals surface area contributed by atoms with Gasteiger partial charge in [0.2, 0.25) is 0 Å². The highest BCUT2D eigenvalue weighted by molar-refractivity contribution is 7.93. The molecule has 0 aliphatic carbocycles. The highest BCUT2D eigenvalue weighted by Crippen LogP contribution is 2.45. The van der Waals surface area contributed by atoms with Crippen LogP contribution in [-0.4, -0.2) is 34.7 Å². The molecule has 0 N–H and O–H groups in total. The van der Waals surface area contributed by atoms with Crippen molar-refractivity contribution in [3.05, 3.63) is 47.0 Å². The Labute approximate surface area is 171 Å². The maximum atomic E-state index is 13.5. The zero-order chi connectivity index (χ0) is 21.0. The van der Waals surface area contributed by atoms with E-state index in [1.54, 1.807) is 0 Å². The van der Waals surface area contributed by atoms with E-state index in [-0.39, 0.29) is 39.6 Å². The second-order valence-electron chi connectivity index (χ2n) is 7.02. The van der Waals surface area contributed by atoms with E-state index in [1.807, 2.05) is 4.90 Å². The highest BCUT2D eigenvalue weighted by Gasteiger charge is 2.42. The third-order valence-corrected chi connectivity index (χ3v) is 7.36. The van der Waals surface area contributed by atoms with Crippen LogP contribution in [0.15, 0.2) is 41.3 Å². The van der Waals surface area contributed by atoms with Gasteiger partial charge in [-0.1, -0.05) is 11.6 Å². The molecule has 0 bridgehead atoms. The lowest BCUT2D eigenvalue weighted by Gasteiger charge is -2.41. The summed E-state index contributed by atoms with van der Waals surface area (Å²) in [5.74, 6) is 0.122. The monoisotopic (exact) mass is 446 g/mol. The van der Waals surface area contributed by atoms with Gasteiger partial charge in [-0.3, -0.25) is 4.31 Å². The Morgan fingerprint density at radius 1 is 1.14 bits per heavy atom. The van der Waals surface area contributed by atoms with Crippen LogP contribution in [0, 0.1) is 0 Å². The van der Waals surface area contributed by atoms with Crippen LogP contribution in [0.3, 0.4) is 0 Å². The fourth-order valence-corrected chi connectivity index (χ4v) is 5.91. The van der Waals surface area contributed by atoms with E-state index >= 15 is 0 Å². The molecule has 0 radical (unpaired) electrons. The van der Waals surface area contributed by atoms with Crippen molar-refractivity contribution in [1.29, 1.82) is 0 Å². The lowest BCUT2D eigenvalue weighted by Crippen LogP contribution is -2.48. The Balaban J connectivity index is 1.88. The first-order valence-electron chi connectivity index (χ1n) is 8.97. The van der Waals surface area contributed by atoms with Crippen LogP contribution in [0.4, 0.5) is 24.5 Å². The quantitative estimate of drug-likeness (QED) is 0.694. The van der Waals surface area contributed by atoms with E-state index in [1.165, 1.54) is 35.7 Å². The molecule has 29 heavy (non-hydrogen) atoms. The number of ether oxygens (including phenoxy) is 1. The van der Waals surface area contributed by atoms with Gasteiger partial charge in [0.1, 0.15) is 10.6 Å². The van der Waals surface area contributed by atoms with Crippen LogP contribution in [0.25, 0.3) is 0 Å². The molecule has 0 unspecified atom stereocenters. The maximum Gasteiger partial charge on any atom is 0.416 e. The average molecular weight is 447 g/mol. The molecule has 4 rings (SSSR count). The SMILES string of the molecule is COc1ccc(Cl)cc1S(=O)(=O)N1C[C@@H]2CCCN2c2cc(C(F)(F)F)ccc21. The number of alkyl halides is 3. The number of hydrogen-bond donors (Lipinski definition) is 0. The normalized spacial score (nSPS) is 19.1. The van der Waals surface area contributed by atoms with Gasteiger partial charge < -0.3 is 9.64 Å². The fourth-order valence-electron chi connectivity index (χ4n) is 3.97. The van der Waals surface area contributed by atoms with E-state index in [0.29, 0.717) is 13.0 Å². The molecule has 2 aliphatic heterocycles. The van der Waals surface area contributed by atoms with E-state index in [4.69, 9.17) is 16.3 Å². The first kappa shape index (κ1) is 20.2. The minimum Gasteiger partial charge on any atom is -0.495 e. The van der Waals surface area contributed by atoms with E-state index in [0.717, 1.165) is 18.6 Å². The molecule has 1 fully saturated rings. The molecule has 156 valence electrons. The van der Waals surface area contributed by atoms with Gasteiger partial charge in [-0.25, -0.2) is 8.42 Å². The van der Waals surface area contributed by atoms with Gasteiger partial charge in [-0.05, 0) is 49.2 Å². The first-order chi connectivity index (χ1) is 13.6. The van der Waals surface area contributed by atoms with Crippen molar-refractivity contribution in [2.24, 2.45) is 0 Å². The molecule has 1 saturated heterocycles. The van der Waals surface area contributed by atoms with E-state index in [2.05, 4.69) is 0 Å². The number of hydrogen-bond acceptors (Lipinski definition) is 4. The molecule has 0 aromatic heterocycles. The van der Waals surface area contributed by atoms with Gasteiger partial charge in [0.15, 0.2) is 0 Å². The minimum absolute atomic E-state index is 0.121. The largest absolute Gasteiger partial charge is 0.495 e. The zero-order valence-corrected chi connectivity index (χ0v) is 17.0. The predicted molar refractivity (Wildman–Crippen MR) is 104 cm³/mol. The first-order valence-corrected chi connectivity index (χ1v) is 10.8. The summed E-state index contributed by atoms with van der Waals surface area (Å²) in [4.78, 5) is 1.75. The smallest absolute Gasteiger partial charge is 0.416 e. The maximum absolute atomic E-state index is 13.5. The summed E-state index contributed by atoms with van der Waals surface area (Å²) in [7, 11) is -2.76. The second kappa shape index (κ2) is 6.98. The molecule has 0 amide bonds. The van der Waals surface area contributed by atoms with Crippen molar-refractivity contribution in [1.82, 2.24) is 0 Å². The number of fused-ring (bicyclic) bond motifs is 3. The lowest BCUT2D eigenvalue weighted by molar-refractivity contribution is -0.137. The number of halogens is 4. The summed E-state index contributed by atoms with van der Waals surface area (Å²) >= 11 is 6.01. The summed E-state index contributed by atoms with van der Waals surface area (Å²) in [6.45, 7) is 0.740. The Hall–Kier alpha value is -2.13. The Morgan fingerprint density at radius 2 is 1.90 bits per heavy atom. The van der Waals surface area contributed by atoms with Crippen LogP contribution in [0.1, 0.15) is 18.4 Å². The molecule has 2 aromatic rings. The summed E-state index contributed by atoms with van der Waals surface area (Å²) < 4.78 is 73.1. The molecule has 2 aliphatic rings. The van der Waals surface area contributed by atoms with Crippen molar-refractivity contribution < 1.29 is 26.3 Å². The number of sulfonamides is 1. The Morgan fingerprint density at radius 3 is 2.59 bits per heavy atom. The summed E-state index contributed by atoms with van der Waals surface area (Å²) in [5.41, 5.74) is -0.308. The second-order valence-corrected chi connectivity index (χ2v) is 9.29. The predicted octanol–water partition coefficient (Wildman–Crippen LogP) is 4.55. The van der Waals surface area contributed by atoms with Crippen LogP contribution in [0.2, 0.25) is 5.02 Å². The van der Waals surface area contributed by atoms with E-state index in [9.17, 15) is 21.6 Å². The summed E-state index contributed by atoms with van der Waals surface area (Å²) in [6, 6.07) is 7.23. The van der Waals surface area contributed by atoms with Gasteiger partial charge >= 0.3 is 6.18 Å². The fraction of sp³-hybridized carbons (Fsp3) is 0.368. The molecule has 0 spiro atoms. The molecule has 0 saturated carbocycles. The van der Waals surface area contributed by atoms with Crippen LogP contribution in [-0.2, 0) is 16.2 Å². The minimum atomic E-state index is -4.51. The molecule has 10 heteroatoms. The zero-order valence-electron chi connectivity index (χ0n) is 15.4. The standard InChI is InChI=1S/C19H18ClF3N2O3S/c1-28-17-7-5-13(20)10-18(17)29(26,27)25-11-14-3-2-8-24(14)16-9-12(19(21,22)23)4-6-15(16)25/h4-7,9-10,14H,2-3,8,11H2,1H3/t14-/m0/s1. The van der Waals surface area contributed by atoms with E-state index < -0.39 is 21.8 Å². The summed E-state index contributed by atoms with van der Waals surface area (Å²) in [6.07, 6.45) is -3.02. The van der Waals surface area contributed by atoms with Crippen molar-refractivity contribution in [2.75, 3.05) is 29.4 Å². The van der Waals surface area contributed by atoms with Gasteiger partial charge in [-0.2, -0.15) is 13.2 Å². The van der Waals surface area contributed by atoms with Gasteiger partial charge in [0.25, 0.3) is 10.0 Å². The number of nitrogens with zero attached hydrogens (tertiary/aromatic N) is 2. The average Bonchev–Trinajstić information content (AvgIpc) is 3.15. The van der Waals surface area contributed by atoms with Crippen LogP contribution < -0.4 is 13.9 Å². The van der Waals surface area contributed by atoms with Crippen molar-refractivity contribution >= 4 is 33.0 Å². The molecule has 5 nitrogen and oxygen atoms in total. The van der Waals surface area contributed by atoms with Crippen LogP contribution in [0.5, 0.6) is 5.75 Å². The van der Waals surface area contributed by atoms with Crippen LogP contribution >= 0.6 is 11.6 Å². The topological polar surface area (TPSA) is 49.9 Å². The number of anilines is 2. The molecule has 2 aromatic carbocycles. The molecular weight excluding hydrogens is 429 g/mol. The molecule has 2 heterocycles. The van der Waals surface area contributed by atoms with Gasteiger partial charge in [-0.15, -0.1) is 0 Å². The van der Waals surface area contributed by atoms with Crippen molar-refractivity contribution in [3.63, 3.8) is 0 Å². The number of methoxy groups -OCH3 is 1.